The van der Waals surface area contributed by atoms with Gasteiger partial charge in [0.15, 0.2) is 0 Å². The highest BCUT2D eigenvalue weighted by Crippen LogP contribution is 2.55. The number of likely N-dealkylation sites (N-methyl/N-ethyl adjacent to an activating group) is 1. The van der Waals surface area contributed by atoms with Crippen LogP contribution in [0.15, 0.2) is 30.3 Å². The molecule has 1 amide bonds. The predicted molar refractivity (Wildman–Crippen MR) is 110 cm³/mol. The van der Waals surface area contributed by atoms with Crippen molar-refractivity contribution in [2.24, 2.45) is 17.8 Å². The zero-order valence-corrected chi connectivity index (χ0v) is 17.1. The van der Waals surface area contributed by atoms with Gasteiger partial charge in [0, 0.05) is 38.3 Å². The number of aliphatic hydroxyl groups is 1. The molecule has 5 rings (SSSR count). The molecule has 1 aromatic carbocycles. The molecule has 0 radical (unpaired) electrons. The maximum atomic E-state index is 13.3. The van der Waals surface area contributed by atoms with E-state index in [-0.39, 0.29) is 17.8 Å². The first kappa shape index (κ1) is 19.3. The third kappa shape index (κ3) is 3.53. The van der Waals surface area contributed by atoms with Gasteiger partial charge >= 0.3 is 0 Å². The van der Waals surface area contributed by atoms with Gasteiger partial charge in [-0.1, -0.05) is 12.1 Å². The van der Waals surface area contributed by atoms with Crippen LogP contribution in [0.1, 0.15) is 44.1 Å². The second-order valence-electron chi connectivity index (χ2n) is 9.79. The van der Waals surface area contributed by atoms with Crippen LogP contribution in [-0.4, -0.2) is 58.6 Å². The number of amides is 1. The summed E-state index contributed by atoms with van der Waals surface area (Å²) in [5.74, 6) is 1.44. The number of hydrogen-bond donors (Lipinski definition) is 1. The summed E-state index contributed by atoms with van der Waals surface area (Å²) >= 11 is 0. The molecule has 0 aromatic heterocycles. The monoisotopic (exact) mass is 398 g/mol. The predicted octanol–water partition coefficient (Wildman–Crippen LogP) is 3.31. The lowest BCUT2D eigenvalue weighted by atomic mass is 9.72. The molecule has 0 spiro atoms. The number of carbonyl (C=O) groups is 1. The summed E-state index contributed by atoms with van der Waals surface area (Å²) in [6.07, 6.45) is 9.54. The van der Waals surface area contributed by atoms with Crippen LogP contribution < -0.4 is 0 Å². The summed E-state index contributed by atoms with van der Waals surface area (Å²) in [7, 11) is 1.86. The fourth-order valence-corrected chi connectivity index (χ4v) is 6.16. The van der Waals surface area contributed by atoms with Gasteiger partial charge in [-0.15, -0.1) is 0 Å². The second-order valence-corrected chi connectivity index (χ2v) is 9.79. The van der Waals surface area contributed by atoms with Crippen molar-refractivity contribution in [3.63, 3.8) is 0 Å². The van der Waals surface area contributed by atoms with Gasteiger partial charge in [0.2, 0.25) is 5.91 Å². The largest absolute Gasteiger partial charge is 0.388 e. The summed E-state index contributed by atoms with van der Waals surface area (Å²) in [5, 5.41) is 11.5. The highest BCUT2D eigenvalue weighted by molar-refractivity contribution is 5.91. The van der Waals surface area contributed by atoms with E-state index in [1.54, 1.807) is 18.2 Å². The average Bonchev–Trinajstić information content (AvgIpc) is 3.46. The van der Waals surface area contributed by atoms with E-state index < -0.39 is 5.60 Å². The molecule has 1 aromatic rings. The zero-order chi connectivity index (χ0) is 20.2. The Hall–Kier alpha value is -1.72. The van der Waals surface area contributed by atoms with Crippen LogP contribution in [0, 0.1) is 23.6 Å². The molecule has 3 saturated carbocycles. The summed E-state index contributed by atoms with van der Waals surface area (Å²) in [6.45, 7) is 2.32. The summed E-state index contributed by atoms with van der Waals surface area (Å²) in [5.41, 5.74) is 0.128. The Labute approximate surface area is 172 Å². The van der Waals surface area contributed by atoms with Gasteiger partial charge in [0.05, 0.1) is 5.60 Å². The van der Waals surface area contributed by atoms with Crippen molar-refractivity contribution in [2.45, 2.75) is 56.2 Å². The Bertz CT molecular complexity index is 823. The van der Waals surface area contributed by atoms with Gasteiger partial charge in [-0.25, -0.2) is 4.39 Å². The van der Waals surface area contributed by atoms with E-state index in [0.717, 1.165) is 38.1 Å². The van der Waals surface area contributed by atoms with Crippen molar-refractivity contribution in [1.29, 1.82) is 0 Å². The van der Waals surface area contributed by atoms with Crippen molar-refractivity contribution < 1.29 is 14.3 Å². The molecule has 29 heavy (non-hydrogen) atoms. The number of halogens is 1. The Morgan fingerprint density at radius 2 is 2.17 bits per heavy atom. The van der Waals surface area contributed by atoms with E-state index in [0.29, 0.717) is 23.4 Å². The summed E-state index contributed by atoms with van der Waals surface area (Å²) in [6, 6.07) is 6.77. The van der Waals surface area contributed by atoms with Crippen LogP contribution in [0.4, 0.5) is 4.39 Å². The van der Waals surface area contributed by atoms with E-state index in [2.05, 4.69) is 4.90 Å². The maximum absolute atomic E-state index is 13.3. The number of rotatable bonds is 5. The van der Waals surface area contributed by atoms with Crippen molar-refractivity contribution in [3.05, 3.63) is 41.7 Å². The number of benzene rings is 1. The zero-order valence-electron chi connectivity index (χ0n) is 17.1. The van der Waals surface area contributed by atoms with E-state index in [1.165, 1.54) is 37.6 Å². The van der Waals surface area contributed by atoms with Crippen molar-refractivity contribution in [2.75, 3.05) is 20.1 Å². The Morgan fingerprint density at radius 1 is 1.34 bits per heavy atom. The van der Waals surface area contributed by atoms with Gasteiger partial charge in [0.1, 0.15) is 5.82 Å². The van der Waals surface area contributed by atoms with Crippen molar-refractivity contribution >= 4 is 12.0 Å². The lowest BCUT2D eigenvalue weighted by Gasteiger charge is -2.53. The minimum Gasteiger partial charge on any atom is -0.388 e. The van der Waals surface area contributed by atoms with Crippen LogP contribution >= 0.6 is 0 Å². The van der Waals surface area contributed by atoms with Crippen molar-refractivity contribution in [1.82, 2.24) is 9.80 Å². The number of carbonyl (C=O) groups excluding carboxylic acids is 1. The third-order valence-electron chi connectivity index (χ3n) is 7.90. The smallest absolute Gasteiger partial charge is 0.246 e. The molecular weight excluding hydrogens is 367 g/mol. The Morgan fingerprint density at radius 3 is 2.93 bits per heavy atom. The highest BCUT2D eigenvalue weighted by atomic mass is 19.1. The molecule has 4 fully saturated rings. The number of hydrogen-bond acceptors (Lipinski definition) is 3. The molecule has 1 aliphatic heterocycles. The van der Waals surface area contributed by atoms with Crippen LogP contribution in [0.3, 0.4) is 0 Å². The quantitative estimate of drug-likeness (QED) is 0.774. The van der Waals surface area contributed by atoms with Gasteiger partial charge in [0.25, 0.3) is 0 Å². The summed E-state index contributed by atoms with van der Waals surface area (Å²) < 4.78 is 13.3. The topological polar surface area (TPSA) is 43.8 Å². The number of nitrogens with zero attached hydrogens (tertiary/aromatic N) is 2. The van der Waals surface area contributed by atoms with Gasteiger partial charge in [-0.3, -0.25) is 9.69 Å². The highest BCUT2D eigenvalue weighted by Gasteiger charge is 2.63. The van der Waals surface area contributed by atoms with Gasteiger partial charge < -0.3 is 10.0 Å². The van der Waals surface area contributed by atoms with Gasteiger partial charge in [-0.05, 0) is 80.1 Å². The molecule has 156 valence electrons. The molecular formula is C24H31FN2O2. The van der Waals surface area contributed by atoms with Gasteiger partial charge in [-0.2, -0.15) is 0 Å². The van der Waals surface area contributed by atoms with Crippen LogP contribution in [0.5, 0.6) is 0 Å². The Kier molecular flexibility index (Phi) is 4.78. The van der Waals surface area contributed by atoms with E-state index in [1.807, 2.05) is 11.9 Å². The molecule has 1 N–H and O–H groups in total. The number of fused-ring (bicyclic) bond motifs is 3. The maximum Gasteiger partial charge on any atom is 0.246 e. The lowest BCUT2D eigenvalue weighted by Crippen LogP contribution is -2.65. The molecule has 5 heteroatoms. The molecule has 3 aliphatic carbocycles. The molecule has 4 nitrogen and oxygen atoms in total. The minimum atomic E-state index is -0.560. The minimum absolute atomic E-state index is 0.0546. The van der Waals surface area contributed by atoms with Crippen LogP contribution in [0.2, 0.25) is 0 Å². The fraction of sp³-hybridized carbons (Fsp3) is 0.625. The number of likely N-dealkylation sites (tertiary alicyclic amines) is 1. The van der Waals surface area contributed by atoms with E-state index in [4.69, 9.17) is 0 Å². The first-order valence-electron chi connectivity index (χ1n) is 11.1. The molecule has 1 heterocycles. The average molecular weight is 399 g/mol. The van der Waals surface area contributed by atoms with Crippen LogP contribution in [-0.2, 0) is 4.79 Å². The SMILES string of the molecule is CN(C(=O)/C=C/c1cccc(F)c1)C1CCC2(O)C(CC3CN(CC4CC4)[C@H]32)C1. The Balaban J connectivity index is 1.21. The summed E-state index contributed by atoms with van der Waals surface area (Å²) in [4.78, 5) is 17.0. The van der Waals surface area contributed by atoms with Crippen molar-refractivity contribution in [3.8, 4) is 0 Å². The second kappa shape index (κ2) is 7.21. The molecule has 1 saturated heterocycles. The first-order chi connectivity index (χ1) is 13.9. The molecule has 5 atom stereocenters. The fourth-order valence-electron chi connectivity index (χ4n) is 6.16. The van der Waals surface area contributed by atoms with Crippen LogP contribution in [0.25, 0.3) is 6.08 Å². The first-order valence-corrected chi connectivity index (χ1v) is 11.1. The molecule has 4 aliphatic rings. The third-order valence-corrected chi connectivity index (χ3v) is 7.90. The standard InChI is InChI=1S/C24H31FN2O2/c1-26(22(28)8-7-16-3-2-4-20(25)11-16)21-9-10-24(29)19(13-21)12-18-15-27(23(18)24)14-17-5-6-17/h2-4,7-8,11,17-19,21,23,29H,5-6,9-10,12-15H2,1H3/b8-7+/t18?,19?,21?,23-,24?/m1/s1. The molecule has 4 unspecified atom stereocenters. The van der Waals surface area contributed by atoms with E-state index >= 15 is 0 Å². The molecule has 0 bridgehead atoms. The normalized spacial score (nSPS) is 36.5. The van der Waals surface area contributed by atoms with E-state index in [9.17, 15) is 14.3 Å². The lowest BCUT2D eigenvalue weighted by molar-refractivity contribution is -0.138.